The SMILES string of the molecule is CC(C)c1nc2nc(-c3ccc(CN4CC(c5nc(/C6=C/CCC=CC=C6)n[nH]5)C4)cc3)c(-c3ccccc3)cn2n1. The number of aromatic amines is 1. The zero-order valence-electron chi connectivity index (χ0n) is 24.0. The van der Waals surface area contributed by atoms with Crippen LogP contribution in [0.1, 0.15) is 61.6 Å². The van der Waals surface area contributed by atoms with E-state index in [-0.39, 0.29) is 5.92 Å². The predicted molar refractivity (Wildman–Crippen MR) is 166 cm³/mol. The number of fused-ring (bicyclic) bond motifs is 1. The Morgan fingerprint density at radius 2 is 1.74 bits per heavy atom. The van der Waals surface area contributed by atoms with E-state index in [0.29, 0.717) is 11.7 Å². The van der Waals surface area contributed by atoms with Crippen molar-refractivity contribution in [1.82, 2.24) is 39.7 Å². The molecule has 0 radical (unpaired) electrons. The molecule has 1 aliphatic carbocycles. The summed E-state index contributed by atoms with van der Waals surface area (Å²) >= 11 is 0. The van der Waals surface area contributed by atoms with Crippen molar-refractivity contribution < 1.29 is 0 Å². The molecule has 8 heteroatoms. The van der Waals surface area contributed by atoms with Crippen molar-refractivity contribution in [2.45, 2.75) is 45.1 Å². The highest BCUT2D eigenvalue weighted by molar-refractivity contribution is 5.81. The van der Waals surface area contributed by atoms with Crippen molar-refractivity contribution in [2.24, 2.45) is 0 Å². The number of likely N-dealkylation sites (tertiary alicyclic amines) is 1. The number of allylic oxidation sites excluding steroid dienone is 6. The Morgan fingerprint density at radius 3 is 2.55 bits per heavy atom. The van der Waals surface area contributed by atoms with Gasteiger partial charge in [-0.15, -0.1) is 5.10 Å². The van der Waals surface area contributed by atoms with E-state index in [9.17, 15) is 0 Å². The summed E-state index contributed by atoms with van der Waals surface area (Å²) in [6.45, 7) is 7.04. The summed E-state index contributed by atoms with van der Waals surface area (Å²) in [6.07, 6.45) is 14.7. The van der Waals surface area contributed by atoms with Crippen LogP contribution in [0.15, 0.2) is 91.2 Å². The fraction of sp³-hybridized carbons (Fsp3) is 0.265. The molecule has 5 aromatic rings. The highest BCUT2D eigenvalue weighted by atomic mass is 15.3. The van der Waals surface area contributed by atoms with Gasteiger partial charge in [0.25, 0.3) is 5.78 Å². The Balaban J connectivity index is 1.06. The van der Waals surface area contributed by atoms with Crippen LogP contribution >= 0.6 is 0 Å². The summed E-state index contributed by atoms with van der Waals surface area (Å²) in [6, 6.07) is 19.1. The molecule has 2 aromatic carbocycles. The zero-order valence-corrected chi connectivity index (χ0v) is 24.0. The maximum absolute atomic E-state index is 4.98. The van der Waals surface area contributed by atoms with E-state index >= 15 is 0 Å². The summed E-state index contributed by atoms with van der Waals surface area (Å²) in [5.74, 6) is 3.81. The fourth-order valence-electron chi connectivity index (χ4n) is 5.52. The molecule has 0 bridgehead atoms. The standard InChI is InChI=1S/C34H34N8/c1-23(2)31-37-34-35-30(29(22-42(34)40-31)25-11-9-6-10-12-25)26-17-15-24(16-18-26)19-41-20-28(21-41)33-36-32(38-39-33)27-13-7-4-3-5-8-14-27/h3-4,6-7,9-18,22-23,28H,5,8,19-21H2,1-2H3,(H,36,38,39)/b4-3?,13-7?,27-14+. The van der Waals surface area contributed by atoms with Crippen molar-refractivity contribution >= 4 is 11.4 Å². The summed E-state index contributed by atoms with van der Waals surface area (Å²) in [4.78, 5) is 16.9. The minimum absolute atomic E-state index is 0.236. The molecule has 0 saturated carbocycles. The van der Waals surface area contributed by atoms with Crippen LogP contribution in [0, 0.1) is 0 Å². The van der Waals surface area contributed by atoms with Crippen LogP contribution < -0.4 is 0 Å². The van der Waals surface area contributed by atoms with Crippen LogP contribution in [0.4, 0.5) is 0 Å². The molecule has 7 rings (SSSR count). The topological polar surface area (TPSA) is 87.9 Å². The third-order valence-corrected chi connectivity index (χ3v) is 7.91. The van der Waals surface area contributed by atoms with Crippen molar-refractivity contribution in [3.05, 3.63) is 114 Å². The van der Waals surface area contributed by atoms with E-state index in [2.05, 4.69) is 124 Å². The number of nitrogens with zero attached hydrogens (tertiary/aromatic N) is 7. The molecular formula is C34H34N8. The Kier molecular flexibility index (Phi) is 7.05. The average molecular weight is 555 g/mol. The monoisotopic (exact) mass is 554 g/mol. The summed E-state index contributed by atoms with van der Waals surface area (Å²) in [7, 11) is 0. The van der Waals surface area contributed by atoms with Crippen LogP contribution in [0.3, 0.4) is 0 Å². The summed E-state index contributed by atoms with van der Waals surface area (Å²) in [5, 5.41) is 12.4. The van der Waals surface area contributed by atoms with E-state index < -0.39 is 0 Å². The number of nitrogens with one attached hydrogen (secondary N) is 1. The van der Waals surface area contributed by atoms with Gasteiger partial charge in [0.2, 0.25) is 0 Å². The Morgan fingerprint density at radius 1 is 0.905 bits per heavy atom. The van der Waals surface area contributed by atoms with Crippen molar-refractivity contribution in [2.75, 3.05) is 13.1 Å². The summed E-state index contributed by atoms with van der Waals surface area (Å²) < 4.78 is 1.80. The van der Waals surface area contributed by atoms with Gasteiger partial charge in [0.05, 0.1) is 5.69 Å². The highest BCUT2D eigenvalue weighted by Gasteiger charge is 2.31. The molecule has 1 N–H and O–H groups in total. The van der Waals surface area contributed by atoms with Crippen molar-refractivity contribution in [3.8, 4) is 22.4 Å². The van der Waals surface area contributed by atoms with Gasteiger partial charge in [0.1, 0.15) is 5.82 Å². The van der Waals surface area contributed by atoms with E-state index in [1.165, 1.54) is 5.56 Å². The van der Waals surface area contributed by atoms with E-state index in [1.54, 1.807) is 4.52 Å². The number of H-pyrrole nitrogens is 1. The third kappa shape index (κ3) is 5.33. The van der Waals surface area contributed by atoms with E-state index in [1.807, 2.05) is 6.07 Å². The number of benzene rings is 2. The lowest BCUT2D eigenvalue weighted by Crippen LogP contribution is -2.44. The van der Waals surface area contributed by atoms with Crippen molar-refractivity contribution in [3.63, 3.8) is 0 Å². The number of hydrogen-bond donors (Lipinski definition) is 1. The molecule has 210 valence electrons. The van der Waals surface area contributed by atoms with Gasteiger partial charge in [-0.25, -0.2) is 14.5 Å². The molecule has 3 aromatic heterocycles. The first-order chi connectivity index (χ1) is 20.6. The summed E-state index contributed by atoms with van der Waals surface area (Å²) in [5.41, 5.74) is 6.49. The van der Waals surface area contributed by atoms with Crippen LogP contribution in [0.25, 0.3) is 33.7 Å². The van der Waals surface area contributed by atoms with Gasteiger partial charge in [-0.2, -0.15) is 10.1 Å². The molecule has 0 amide bonds. The van der Waals surface area contributed by atoms with Crippen LogP contribution in [0.5, 0.6) is 0 Å². The lowest BCUT2D eigenvalue weighted by Gasteiger charge is -2.38. The van der Waals surface area contributed by atoms with Crippen molar-refractivity contribution in [1.29, 1.82) is 0 Å². The maximum atomic E-state index is 4.98. The fourth-order valence-corrected chi connectivity index (χ4v) is 5.52. The van der Waals surface area contributed by atoms with Gasteiger partial charge in [-0.3, -0.25) is 10.00 Å². The molecular weight excluding hydrogens is 520 g/mol. The smallest absolute Gasteiger partial charge is 0.253 e. The van der Waals surface area contributed by atoms with Gasteiger partial charge >= 0.3 is 0 Å². The quantitative estimate of drug-likeness (QED) is 0.244. The molecule has 1 fully saturated rings. The maximum Gasteiger partial charge on any atom is 0.253 e. The van der Waals surface area contributed by atoms with Gasteiger partial charge in [0.15, 0.2) is 11.6 Å². The Bertz CT molecular complexity index is 1780. The normalized spacial score (nSPS) is 17.3. The second-order valence-corrected chi connectivity index (χ2v) is 11.4. The first-order valence-corrected chi connectivity index (χ1v) is 14.7. The van der Waals surface area contributed by atoms with Gasteiger partial charge in [0, 0.05) is 54.4 Å². The van der Waals surface area contributed by atoms with Gasteiger partial charge in [-0.1, -0.05) is 98.8 Å². The minimum atomic E-state index is 0.236. The highest BCUT2D eigenvalue weighted by Crippen LogP contribution is 2.32. The van der Waals surface area contributed by atoms with E-state index in [0.717, 1.165) is 77.9 Å². The second kappa shape index (κ2) is 11.3. The molecule has 2 aliphatic rings. The van der Waals surface area contributed by atoms with Crippen LogP contribution in [-0.4, -0.2) is 52.8 Å². The number of aromatic nitrogens is 7. The lowest BCUT2D eigenvalue weighted by molar-refractivity contribution is 0.135. The molecule has 1 saturated heterocycles. The number of rotatable bonds is 7. The van der Waals surface area contributed by atoms with Crippen LogP contribution in [0.2, 0.25) is 0 Å². The average Bonchev–Trinajstić information content (AvgIpc) is 3.62. The third-order valence-electron chi connectivity index (χ3n) is 7.91. The van der Waals surface area contributed by atoms with Crippen LogP contribution in [-0.2, 0) is 6.54 Å². The Hall–Kier alpha value is -4.69. The molecule has 4 heterocycles. The van der Waals surface area contributed by atoms with Gasteiger partial charge in [-0.05, 0) is 24.0 Å². The predicted octanol–water partition coefficient (Wildman–Crippen LogP) is 6.59. The zero-order chi connectivity index (χ0) is 28.5. The second-order valence-electron chi connectivity index (χ2n) is 11.4. The number of hydrogen-bond acceptors (Lipinski definition) is 6. The largest absolute Gasteiger partial charge is 0.298 e. The molecule has 1 aliphatic heterocycles. The minimum Gasteiger partial charge on any atom is -0.298 e. The molecule has 0 atom stereocenters. The molecule has 8 nitrogen and oxygen atoms in total. The van der Waals surface area contributed by atoms with Gasteiger partial charge < -0.3 is 0 Å². The molecule has 0 spiro atoms. The Labute approximate surface area is 245 Å². The molecule has 0 unspecified atom stereocenters. The first kappa shape index (κ1) is 26.2. The lowest BCUT2D eigenvalue weighted by atomic mass is 9.97. The first-order valence-electron chi connectivity index (χ1n) is 14.7. The van der Waals surface area contributed by atoms with E-state index in [4.69, 9.17) is 9.97 Å². The molecule has 42 heavy (non-hydrogen) atoms.